The number of carbonyl (C=O) groups is 1. The van der Waals surface area contributed by atoms with E-state index in [0.717, 1.165) is 11.3 Å². The van der Waals surface area contributed by atoms with E-state index in [2.05, 4.69) is 14.8 Å². The monoisotopic (exact) mass is 394 g/mol. The predicted molar refractivity (Wildman–Crippen MR) is 86.1 cm³/mol. The van der Waals surface area contributed by atoms with Crippen LogP contribution < -0.4 is 14.8 Å². The topological polar surface area (TPSA) is 84.5 Å². The van der Waals surface area contributed by atoms with Crippen LogP contribution in [0.15, 0.2) is 46.0 Å². The first-order chi connectivity index (χ1) is 11.7. The van der Waals surface area contributed by atoms with Crippen molar-refractivity contribution in [1.29, 1.82) is 0 Å². The lowest BCUT2D eigenvalue weighted by molar-refractivity contribution is -0.153. The minimum atomic E-state index is -4.52. The number of nitrogens with one attached hydrogen (secondary N) is 2. The smallest absolute Gasteiger partial charge is 0.422 e. The molecule has 136 valence electrons. The van der Waals surface area contributed by atoms with Crippen LogP contribution in [0, 0.1) is 0 Å². The molecule has 2 N–H and O–H groups in total. The predicted octanol–water partition coefficient (Wildman–Crippen LogP) is 2.61. The number of sulfonamides is 1. The highest BCUT2D eigenvalue weighted by molar-refractivity contribution is 7.91. The Bertz CT molecular complexity index is 821. The van der Waals surface area contributed by atoms with Gasteiger partial charge in [-0.3, -0.25) is 4.79 Å². The zero-order valence-corrected chi connectivity index (χ0v) is 14.2. The van der Waals surface area contributed by atoms with Crippen LogP contribution in [0.1, 0.15) is 0 Å². The van der Waals surface area contributed by atoms with Crippen molar-refractivity contribution >= 4 is 33.0 Å². The maximum absolute atomic E-state index is 12.2. The number of benzene rings is 1. The fraction of sp³-hybridized carbons (Fsp3) is 0.214. The van der Waals surface area contributed by atoms with Crippen LogP contribution in [0.25, 0.3) is 0 Å². The molecule has 0 aliphatic rings. The van der Waals surface area contributed by atoms with Crippen LogP contribution in [-0.4, -0.2) is 33.7 Å². The second kappa shape index (κ2) is 7.85. The van der Waals surface area contributed by atoms with Gasteiger partial charge in [0, 0.05) is 0 Å². The molecular formula is C14H13F3N2O4S2. The molecule has 1 aromatic carbocycles. The molecule has 11 heteroatoms. The average molecular weight is 394 g/mol. The van der Waals surface area contributed by atoms with Crippen LogP contribution in [0.5, 0.6) is 5.75 Å². The fourth-order valence-electron chi connectivity index (χ4n) is 1.70. The Balaban J connectivity index is 1.97. The van der Waals surface area contributed by atoms with Crippen LogP contribution in [0.2, 0.25) is 0 Å². The van der Waals surface area contributed by atoms with E-state index < -0.39 is 35.3 Å². The third-order valence-corrected chi connectivity index (χ3v) is 5.53. The van der Waals surface area contributed by atoms with E-state index in [1.807, 2.05) is 0 Å². The van der Waals surface area contributed by atoms with E-state index in [9.17, 15) is 26.4 Å². The molecule has 2 rings (SSSR count). The van der Waals surface area contributed by atoms with E-state index in [4.69, 9.17) is 0 Å². The molecule has 0 unspecified atom stereocenters. The number of hydrogen-bond acceptors (Lipinski definition) is 5. The Morgan fingerprint density at radius 1 is 1.16 bits per heavy atom. The summed E-state index contributed by atoms with van der Waals surface area (Å²) < 4.78 is 67.3. The van der Waals surface area contributed by atoms with Gasteiger partial charge in [0.25, 0.3) is 10.0 Å². The number of halogens is 3. The summed E-state index contributed by atoms with van der Waals surface area (Å²) in [6.45, 7) is -2.08. The average Bonchev–Trinajstić information content (AvgIpc) is 3.07. The zero-order chi connectivity index (χ0) is 18.5. The zero-order valence-electron chi connectivity index (χ0n) is 12.5. The van der Waals surface area contributed by atoms with Crippen LogP contribution in [-0.2, 0) is 14.8 Å². The molecule has 1 aromatic heterocycles. The molecule has 2 aromatic rings. The third-order valence-electron chi connectivity index (χ3n) is 2.74. The molecule has 1 amide bonds. The van der Waals surface area contributed by atoms with Gasteiger partial charge in [0.15, 0.2) is 6.61 Å². The summed E-state index contributed by atoms with van der Waals surface area (Å²) in [4.78, 5) is 11.9. The lowest BCUT2D eigenvalue weighted by Gasteiger charge is -2.14. The molecule has 0 radical (unpaired) electrons. The number of amides is 1. The molecule has 6 nitrogen and oxygen atoms in total. The highest BCUT2D eigenvalue weighted by Gasteiger charge is 2.29. The molecule has 0 aliphatic heterocycles. The van der Waals surface area contributed by atoms with Gasteiger partial charge in [-0.25, -0.2) is 13.1 Å². The summed E-state index contributed by atoms with van der Waals surface area (Å²) in [6, 6.07) is 8.47. The lowest BCUT2D eigenvalue weighted by atomic mass is 10.3. The molecular weight excluding hydrogens is 381 g/mol. The second-order valence-corrected chi connectivity index (χ2v) is 7.65. The van der Waals surface area contributed by atoms with Gasteiger partial charge in [0.1, 0.15) is 9.96 Å². The Kier molecular flexibility index (Phi) is 6.03. The SMILES string of the molecule is O=C(CNS(=O)(=O)c1cccs1)Nc1ccccc1OCC(F)(F)F. The molecule has 0 fully saturated rings. The number of alkyl halides is 3. The molecule has 0 saturated carbocycles. The van der Waals surface area contributed by atoms with Crippen molar-refractivity contribution in [1.82, 2.24) is 4.72 Å². The van der Waals surface area contributed by atoms with Crippen LogP contribution >= 0.6 is 11.3 Å². The molecule has 0 spiro atoms. The largest absolute Gasteiger partial charge is 0.482 e. The number of hydrogen-bond donors (Lipinski definition) is 2. The Morgan fingerprint density at radius 3 is 2.52 bits per heavy atom. The van der Waals surface area contributed by atoms with Gasteiger partial charge in [-0.15, -0.1) is 11.3 Å². The summed E-state index contributed by atoms with van der Waals surface area (Å²) in [6.07, 6.45) is -4.52. The normalized spacial score (nSPS) is 12.0. The van der Waals surface area contributed by atoms with Crippen molar-refractivity contribution in [2.45, 2.75) is 10.4 Å². The molecule has 0 aliphatic carbocycles. The fourth-order valence-corrected chi connectivity index (χ4v) is 3.72. The van der Waals surface area contributed by atoms with Gasteiger partial charge in [0.05, 0.1) is 12.2 Å². The first-order valence-corrected chi connectivity index (χ1v) is 9.15. The van der Waals surface area contributed by atoms with Crippen LogP contribution in [0.4, 0.5) is 18.9 Å². The van der Waals surface area contributed by atoms with Crippen molar-refractivity contribution in [3.63, 3.8) is 0 Å². The van der Waals surface area contributed by atoms with E-state index in [1.165, 1.54) is 30.3 Å². The number of para-hydroxylation sites is 2. The van der Waals surface area contributed by atoms with E-state index in [-0.39, 0.29) is 15.6 Å². The van der Waals surface area contributed by atoms with Gasteiger partial charge >= 0.3 is 6.18 Å². The number of anilines is 1. The number of carbonyl (C=O) groups excluding carboxylic acids is 1. The molecule has 0 bridgehead atoms. The molecule has 1 heterocycles. The van der Waals surface area contributed by atoms with E-state index >= 15 is 0 Å². The minimum absolute atomic E-state index is 0.00655. The van der Waals surface area contributed by atoms with Crippen molar-refractivity contribution in [2.75, 3.05) is 18.5 Å². The Hall–Kier alpha value is -2.11. The van der Waals surface area contributed by atoms with E-state index in [0.29, 0.717) is 0 Å². The second-order valence-electron chi connectivity index (χ2n) is 4.70. The van der Waals surface area contributed by atoms with Gasteiger partial charge in [0.2, 0.25) is 5.91 Å². The molecule has 25 heavy (non-hydrogen) atoms. The summed E-state index contributed by atoms with van der Waals surface area (Å²) in [5.41, 5.74) is 0.00655. The highest BCUT2D eigenvalue weighted by atomic mass is 32.2. The summed E-state index contributed by atoms with van der Waals surface area (Å²) in [5.74, 6) is -0.919. The minimum Gasteiger partial charge on any atom is -0.482 e. The third kappa shape index (κ3) is 6.03. The first-order valence-electron chi connectivity index (χ1n) is 6.79. The maximum atomic E-state index is 12.2. The lowest BCUT2D eigenvalue weighted by Crippen LogP contribution is -2.32. The first kappa shape index (κ1) is 19.2. The number of thiophene rings is 1. The Labute approximate surface area is 145 Å². The molecule has 0 atom stereocenters. The number of ether oxygens (including phenoxy) is 1. The maximum Gasteiger partial charge on any atom is 0.422 e. The van der Waals surface area contributed by atoms with E-state index in [1.54, 1.807) is 11.4 Å². The standard InChI is InChI=1S/C14H13F3N2O4S2/c15-14(16,17)9-23-11-5-2-1-4-10(11)19-12(20)8-18-25(21,22)13-6-3-7-24-13/h1-7,18H,8-9H2,(H,19,20). The van der Waals surface area contributed by atoms with Crippen molar-refractivity contribution in [3.05, 3.63) is 41.8 Å². The number of rotatable bonds is 7. The van der Waals surface area contributed by atoms with Crippen molar-refractivity contribution in [2.24, 2.45) is 0 Å². The summed E-state index contributed by atoms with van der Waals surface area (Å²) >= 11 is 0.988. The quantitative estimate of drug-likeness (QED) is 0.756. The van der Waals surface area contributed by atoms with Crippen LogP contribution in [0.3, 0.4) is 0 Å². The summed E-state index contributed by atoms with van der Waals surface area (Å²) in [7, 11) is -3.82. The van der Waals surface area contributed by atoms with Crippen molar-refractivity contribution < 1.29 is 31.1 Å². The highest BCUT2D eigenvalue weighted by Crippen LogP contribution is 2.26. The molecule has 0 saturated heterocycles. The van der Waals surface area contributed by atoms with Gasteiger partial charge in [-0.2, -0.15) is 13.2 Å². The van der Waals surface area contributed by atoms with Gasteiger partial charge in [-0.1, -0.05) is 18.2 Å². The Morgan fingerprint density at radius 2 is 1.88 bits per heavy atom. The van der Waals surface area contributed by atoms with Crippen molar-refractivity contribution in [3.8, 4) is 5.75 Å². The van der Waals surface area contributed by atoms with Gasteiger partial charge < -0.3 is 10.1 Å². The van der Waals surface area contributed by atoms with Gasteiger partial charge in [-0.05, 0) is 23.6 Å². The summed E-state index contributed by atoms with van der Waals surface area (Å²) in [5, 5.41) is 3.88.